The number of hydrogen-bond donors (Lipinski definition) is 1. The third-order valence-electron chi connectivity index (χ3n) is 4.99. The van der Waals surface area contributed by atoms with Gasteiger partial charge in [0.05, 0.1) is 35.9 Å². The molecule has 0 spiro atoms. The first kappa shape index (κ1) is 24.2. The van der Waals surface area contributed by atoms with Gasteiger partial charge in [-0.2, -0.15) is 18.4 Å². The summed E-state index contributed by atoms with van der Waals surface area (Å²) >= 11 is 0. The van der Waals surface area contributed by atoms with Crippen molar-refractivity contribution in [2.45, 2.75) is 31.1 Å². The van der Waals surface area contributed by atoms with Gasteiger partial charge in [0.25, 0.3) is 0 Å². The number of alkyl halides is 6. The van der Waals surface area contributed by atoms with E-state index in [1.807, 2.05) is 0 Å². The highest BCUT2D eigenvalue weighted by molar-refractivity contribution is 5.91. The molecule has 0 bridgehead atoms. The molecule has 0 aromatic heterocycles. The summed E-state index contributed by atoms with van der Waals surface area (Å²) in [6, 6.07) is 8.53. The lowest BCUT2D eigenvalue weighted by atomic mass is 10.1. The van der Waals surface area contributed by atoms with Crippen molar-refractivity contribution in [1.29, 1.82) is 5.26 Å². The lowest BCUT2D eigenvalue weighted by molar-refractivity contribution is -0.325. The largest absolute Gasteiger partial charge is 0.522 e. The van der Waals surface area contributed by atoms with Crippen molar-refractivity contribution < 1.29 is 45.7 Å². The maximum Gasteiger partial charge on any atom is 0.522 e. The molecule has 0 unspecified atom stereocenters. The van der Waals surface area contributed by atoms with Crippen LogP contribution in [0.4, 0.5) is 32.0 Å². The number of aromatic carboxylic acids is 1. The smallest absolute Gasteiger partial charge is 0.489 e. The fraction of sp³-hybridized carbons (Fsp3) is 0.333. The molecule has 0 saturated carbocycles. The van der Waals surface area contributed by atoms with E-state index in [9.17, 15) is 36.4 Å². The van der Waals surface area contributed by atoms with Crippen LogP contribution in [0.25, 0.3) is 0 Å². The van der Waals surface area contributed by atoms with Gasteiger partial charge in [0, 0.05) is 12.1 Å². The van der Waals surface area contributed by atoms with Crippen LogP contribution in [0.5, 0.6) is 5.75 Å². The van der Waals surface area contributed by atoms with Gasteiger partial charge in [-0.05, 0) is 42.5 Å². The summed E-state index contributed by atoms with van der Waals surface area (Å²) in [6.07, 6.45) is -10.1. The Morgan fingerprint density at radius 2 is 1.79 bits per heavy atom. The van der Waals surface area contributed by atoms with E-state index >= 15 is 0 Å². The van der Waals surface area contributed by atoms with Crippen molar-refractivity contribution >= 4 is 11.7 Å². The SMILES string of the molecule is N#Cc1cc(N2C[C@@H](Oc3ccc(C(F)(F)F)cc3)C[C@H]2COC(F)(F)F)ccc1C(=O)O. The van der Waals surface area contributed by atoms with E-state index in [1.54, 1.807) is 6.07 Å². The van der Waals surface area contributed by atoms with E-state index in [4.69, 9.17) is 9.84 Å². The Hall–Kier alpha value is -3.46. The summed E-state index contributed by atoms with van der Waals surface area (Å²) in [7, 11) is 0. The molecule has 6 nitrogen and oxygen atoms in total. The third kappa shape index (κ3) is 6.07. The third-order valence-corrected chi connectivity index (χ3v) is 4.99. The second-order valence-electron chi connectivity index (χ2n) is 7.21. The van der Waals surface area contributed by atoms with Gasteiger partial charge in [0.2, 0.25) is 0 Å². The zero-order valence-corrected chi connectivity index (χ0v) is 16.7. The Morgan fingerprint density at radius 1 is 1.12 bits per heavy atom. The van der Waals surface area contributed by atoms with E-state index in [2.05, 4.69) is 4.74 Å². The van der Waals surface area contributed by atoms with E-state index in [0.717, 1.165) is 24.3 Å². The number of rotatable bonds is 6. The second-order valence-corrected chi connectivity index (χ2v) is 7.21. The first-order valence-electron chi connectivity index (χ1n) is 9.46. The number of halogens is 6. The van der Waals surface area contributed by atoms with Gasteiger partial charge in [0.1, 0.15) is 17.9 Å². The average Bonchev–Trinajstić information content (AvgIpc) is 3.13. The predicted molar refractivity (Wildman–Crippen MR) is 102 cm³/mol. The number of carbonyl (C=O) groups is 1. The van der Waals surface area contributed by atoms with Crippen molar-refractivity contribution in [3.8, 4) is 11.8 Å². The number of ether oxygens (including phenoxy) is 2. The van der Waals surface area contributed by atoms with Gasteiger partial charge in [-0.1, -0.05) is 0 Å². The van der Waals surface area contributed by atoms with Crippen LogP contribution in [0.1, 0.15) is 27.9 Å². The van der Waals surface area contributed by atoms with Gasteiger partial charge in [-0.3, -0.25) is 4.74 Å². The van der Waals surface area contributed by atoms with Gasteiger partial charge in [0.15, 0.2) is 0 Å². The van der Waals surface area contributed by atoms with Gasteiger partial charge in [-0.15, -0.1) is 13.2 Å². The zero-order valence-electron chi connectivity index (χ0n) is 16.7. The number of carboxylic acid groups (broad SMARTS) is 1. The van der Waals surface area contributed by atoms with E-state index in [-0.39, 0.29) is 35.5 Å². The van der Waals surface area contributed by atoms with Crippen LogP contribution in [-0.4, -0.2) is 42.7 Å². The summed E-state index contributed by atoms with van der Waals surface area (Å²) in [6.45, 7) is -0.733. The Morgan fingerprint density at radius 3 is 2.33 bits per heavy atom. The fourth-order valence-corrected chi connectivity index (χ4v) is 3.53. The van der Waals surface area contributed by atoms with E-state index in [1.165, 1.54) is 23.1 Å². The normalized spacial score (nSPS) is 18.8. The molecule has 12 heteroatoms. The van der Waals surface area contributed by atoms with Crippen molar-refractivity contribution in [1.82, 2.24) is 0 Å². The van der Waals surface area contributed by atoms with Crippen molar-refractivity contribution in [2.24, 2.45) is 0 Å². The highest BCUT2D eigenvalue weighted by Crippen LogP contribution is 2.33. The molecule has 176 valence electrons. The van der Waals surface area contributed by atoms with Crippen molar-refractivity contribution in [2.75, 3.05) is 18.1 Å². The number of anilines is 1. The Labute approximate surface area is 183 Å². The quantitative estimate of drug-likeness (QED) is 0.604. The zero-order chi connectivity index (χ0) is 24.4. The number of hydrogen-bond acceptors (Lipinski definition) is 5. The molecule has 2 atom stereocenters. The molecule has 1 fully saturated rings. The van der Waals surface area contributed by atoms with E-state index in [0.29, 0.717) is 0 Å². The van der Waals surface area contributed by atoms with Crippen molar-refractivity contribution in [3.05, 3.63) is 59.2 Å². The molecule has 0 radical (unpaired) electrons. The number of nitrogens with zero attached hydrogens (tertiary/aromatic N) is 2. The summed E-state index contributed by atoms with van der Waals surface area (Å²) in [5.41, 5.74) is -1.03. The average molecular weight is 474 g/mol. The van der Waals surface area contributed by atoms with Crippen LogP contribution in [0.15, 0.2) is 42.5 Å². The number of nitriles is 1. The summed E-state index contributed by atoms with van der Waals surface area (Å²) in [5, 5.41) is 18.4. The van der Waals surface area contributed by atoms with Gasteiger partial charge in [-0.25, -0.2) is 4.79 Å². The Balaban J connectivity index is 1.82. The van der Waals surface area contributed by atoms with E-state index < -0.39 is 42.8 Å². The minimum Gasteiger partial charge on any atom is -0.489 e. The standard InChI is InChI=1S/C21H16F6N2O4/c22-20(23,24)13-1-4-16(5-2-13)33-17-8-15(11-32-21(25,26)27)29(10-17)14-3-6-18(19(30)31)12(7-14)9-28/h1-7,15,17H,8,10-11H2,(H,30,31)/t15-,17-/m0/s1. The maximum absolute atomic E-state index is 12.7. The second kappa shape index (κ2) is 9.19. The van der Waals surface area contributed by atoms with Crippen LogP contribution in [0, 0.1) is 11.3 Å². The molecule has 0 amide bonds. The fourth-order valence-electron chi connectivity index (χ4n) is 3.53. The molecule has 3 rings (SSSR count). The maximum atomic E-state index is 12.7. The topological polar surface area (TPSA) is 82.8 Å². The summed E-state index contributed by atoms with van der Waals surface area (Å²) < 4.78 is 85.6. The molecular weight excluding hydrogens is 458 g/mol. The van der Waals surface area contributed by atoms with Crippen LogP contribution in [0.3, 0.4) is 0 Å². The number of carboxylic acids is 1. The van der Waals surface area contributed by atoms with Crippen molar-refractivity contribution in [3.63, 3.8) is 0 Å². The Kier molecular flexibility index (Phi) is 6.73. The van der Waals surface area contributed by atoms with Crippen LogP contribution in [-0.2, 0) is 10.9 Å². The molecule has 2 aromatic rings. The molecule has 0 aliphatic carbocycles. The summed E-state index contributed by atoms with van der Waals surface area (Å²) in [5.74, 6) is -1.23. The van der Waals surface area contributed by atoms with Crippen LogP contribution in [0.2, 0.25) is 0 Å². The molecule has 1 heterocycles. The molecule has 1 saturated heterocycles. The first-order chi connectivity index (χ1) is 15.4. The lowest BCUT2D eigenvalue weighted by Crippen LogP contribution is -2.35. The van der Waals surface area contributed by atoms with Gasteiger partial charge >= 0.3 is 18.5 Å². The summed E-state index contributed by atoms with van der Waals surface area (Å²) in [4.78, 5) is 12.7. The molecule has 1 N–H and O–H groups in total. The molecule has 2 aromatic carbocycles. The molecule has 33 heavy (non-hydrogen) atoms. The molecular formula is C21H16F6N2O4. The lowest BCUT2D eigenvalue weighted by Gasteiger charge is -2.27. The number of benzene rings is 2. The van der Waals surface area contributed by atoms with Gasteiger partial charge < -0.3 is 14.7 Å². The van der Waals surface area contributed by atoms with Crippen LogP contribution >= 0.6 is 0 Å². The minimum atomic E-state index is -4.89. The molecule has 1 aliphatic heterocycles. The first-order valence-corrected chi connectivity index (χ1v) is 9.46. The highest BCUT2D eigenvalue weighted by atomic mass is 19.4. The molecule has 1 aliphatic rings. The predicted octanol–water partition coefficient (Wildman–Crippen LogP) is 4.84. The highest BCUT2D eigenvalue weighted by Gasteiger charge is 2.38. The minimum absolute atomic E-state index is 0.0319. The Bertz CT molecular complexity index is 1050. The monoisotopic (exact) mass is 474 g/mol. The van der Waals surface area contributed by atoms with Crippen LogP contribution < -0.4 is 9.64 Å².